The normalized spacial score (nSPS) is 9.61. The number of aliphatic hydroxyl groups is 1. The number of hydrogen-bond acceptors (Lipinski definition) is 13. The Bertz CT molecular complexity index is 1760. The number of nitro groups is 2. The number of benzene rings is 4. The van der Waals surface area contributed by atoms with Gasteiger partial charge in [-0.1, -0.05) is 30.3 Å². The van der Waals surface area contributed by atoms with Crippen LogP contribution in [-0.2, 0) is 27.2 Å². The number of nitrogens with zero attached hydrogens (tertiary/aromatic N) is 2. The molecule has 0 aromatic heterocycles. The molecular formula is C42H54ClN3O12Te3. The van der Waals surface area contributed by atoms with Crippen LogP contribution in [-0.4, -0.2) is 115 Å². The van der Waals surface area contributed by atoms with Gasteiger partial charge in [-0.2, -0.15) is 0 Å². The molecule has 19 heteroatoms. The number of esters is 1. The van der Waals surface area contributed by atoms with Gasteiger partial charge in [-0.15, -0.1) is 0 Å². The van der Waals surface area contributed by atoms with E-state index in [1.807, 2.05) is 60.7 Å². The summed E-state index contributed by atoms with van der Waals surface area (Å²) >= 11 is 5.48. The Balaban J connectivity index is 0.000000772. The molecule has 0 saturated carbocycles. The van der Waals surface area contributed by atoms with Crippen LogP contribution in [0.4, 0.5) is 21.0 Å². The first-order valence-electron chi connectivity index (χ1n) is 18.6. The molecule has 0 fully saturated rings. The molecule has 0 saturated heterocycles. The van der Waals surface area contributed by atoms with Crippen LogP contribution in [0.2, 0.25) is 28.3 Å². The molecule has 0 aliphatic rings. The molecule has 0 spiro atoms. The van der Waals surface area contributed by atoms with Gasteiger partial charge in [0.25, 0.3) is 5.69 Å². The molecule has 15 nitrogen and oxygen atoms in total. The maximum Gasteiger partial charge on any atom is 0.409 e. The van der Waals surface area contributed by atoms with E-state index in [4.69, 9.17) is 36.7 Å². The van der Waals surface area contributed by atoms with Crippen molar-refractivity contribution in [3.8, 4) is 11.5 Å². The number of nitrogens with two attached hydrogens (primary N) is 1. The second kappa shape index (κ2) is 39.3. The zero-order chi connectivity index (χ0) is 45.5. The summed E-state index contributed by atoms with van der Waals surface area (Å²) in [5, 5.41) is 28.8. The first kappa shape index (κ1) is 57.5. The number of halogens is 1. The van der Waals surface area contributed by atoms with Gasteiger partial charge in [0.05, 0.1) is 4.92 Å². The van der Waals surface area contributed by atoms with E-state index in [0.717, 1.165) is 30.2 Å². The minimum absolute atomic E-state index is 0.0525. The number of nitro benzene ring substituents is 2. The van der Waals surface area contributed by atoms with Crippen LogP contribution in [0.25, 0.3) is 0 Å². The summed E-state index contributed by atoms with van der Waals surface area (Å²) < 4.78 is 23.0. The van der Waals surface area contributed by atoms with Gasteiger partial charge in [0.1, 0.15) is 5.75 Å². The molecule has 0 unspecified atom stereocenters. The minimum atomic E-state index is -0.978. The van der Waals surface area contributed by atoms with Gasteiger partial charge in [-0.3, -0.25) is 10.1 Å². The van der Waals surface area contributed by atoms with Crippen molar-refractivity contribution in [3.63, 3.8) is 0 Å². The first-order chi connectivity index (χ1) is 29.4. The van der Waals surface area contributed by atoms with Crippen LogP contribution in [0.3, 0.4) is 0 Å². The molecular weight excluding hydrogens is 1160 g/mol. The molecule has 0 atom stereocenters. The molecule has 3 N–H and O–H groups in total. The van der Waals surface area contributed by atoms with Crippen LogP contribution in [0, 0.1) is 20.2 Å². The molecule has 334 valence electrons. The number of carbonyl (C=O) groups excluding carboxylic acids is 3. The third kappa shape index (κ3) is 33.7. The summed E-state index contributed by atoms with van der Waals surface area (Å²) in [5.41, 5.74) is 6.63. The molecule has 4 rings (SSSR count). The van der Waals surface area contributed by atoms with E-state index in [9.17, 15) is 34.6 Å². The van der Waals surface area contributed by atoms with Crippen LogP contribution in [0.1, 0.15) is 36.8 Å². The van der Waals surface area contributed by atoms with Crippen LogP contribution >= 0.6 is 11.6 Å². The summed E-state index contributed by atoms with van der Waals surface area (Å²) in [6.07, 6.45) is 3.41. The van der Waals surface area contributed by atoms with Gasteiger partial charge in [-0.25, -0.2) is 4.79 Å². The fourth-order valence-electron chi connectivity index (χ4n) is 4.02. The Morgan fingerprint density at radius 3 is 1.44 bits per heavy atom. The van der Waals surface area contributed by atoms with Crippen LogP contribution < -0.4 is 15.2 Å². The topological polar surface area (TPSA) is 221 Å². The van der Waals surface area contributed by atoms with Crippen molar-refractivity contribution in [1.82, 2.24) is 0 Å². The number of aliphatic hydroxyl groups excluding tert-OH is 1. The van der Waals surface area contributed by atoms with E-state index in [1.165, 1.54) is 68.6 Å². The third-order valence-corrected chi connectivity index (χ3v) is 13.1. The van der Waals surface area contributed by atoms with Gasteiger partial charge >= 0.3 is 276 Å². The third-order valence-electron chi connectivity index (χ3n) is 7.01. The second-order valence-corrected chi connectivity index (χ2v) is 20.4. The van der Waals surface area contributed by atoms with Crippen molar-refractivity contribution in [3.05, 3.63) is 141 Å². The van der Waals surface area contributed by atoms with E-state index in [1.54, 1.807) is 0 Å². The van der Waals surface area contributed by atoms with E-state index in [0.29, 0.717) is 53.7 Å². The van der Waals surface area contributed by atoms with Crippen molar-refractivity contribution < 1.29 is 48.3 Å². The Hall–Kier alpha value is -3.53. The van der Waals surface area contributed by atoms with Gasteiger partial charge < -0.3 is 10.5 Å². The van der Waals surface area contributed by atoms with Crippen molar-refractivity contribution in [2.45, 2.75) is 67.0 Å². The smallest absolute Gasteiger partial charge is 0.409 e. The minimum Gasteiger partial charge on any atom is -0.414 e. The molecule has 4 aromatic carbocycles. The van der Waals surface area contributed by atoms with E-state index < -0.39 is 21.4 Å². The molecule has 0 amide bonds. The number of non-ortho nitro benzene ring substituents is 2. The van der Waals surface area contributed by atoms with Crippen LogP contribution in [0.5, 0.6) is 11.5 Å². The Kier molecular flexibility index (Phi) is 37.0. The van der Waals surface area contributed by atoms with Gasteiger partial charge in [0.2, 0.25) is 0 Å². The monoisotopic (exact) mass is 1220 g/mol. The largest absolute Gasteiger partial charge is 0.414 e. The fourth-order valence-corrected chi connectivity index (χ4v) is 7.63. The standard InChI is InChI=1S/C13H18O2Te.C11H13NO5Te.C7H4ClNO4.C7H9N.C4H10OTe/c1-16-11-5-10-15-13(14)9-8-12-6-3-2-4-7-12;1-18-8-2-7-16-11(13)17-10-5-3-9(4-6-10)12(14)15;8-7(10)13-6-3-1-5(2-4-6)9(11)12;8-6-7-4-2-1-3-5-7;1-6-4-2-3-5/h2-4,6-7H,5,8-11H2,1H3;3-6H,2,7-8H2,1H3;1-4H;1-5H,6,8H2;5H,2-4H2,1H3. The number of ether oxygens (including phenoxy) is 4. The van der Waals surface area contributed by atoms with E-state index in [2.05, 4.69) is 19.7 Å². The maximum absolute atomic E-state index is 11.4. The number of aryl methyl sites for hydroxylation is 1. The second-order valence-electron chi connectivity index (χ2n) is 11.7. The Morgan fingerprint density at radius 1 is 0.639 bits per heavy atom. The number of hydrogen-bond donors (Lipinski definition) is 2. The average Bonchev–Trinajstić information content (AvgIpc) is 3.27. The average molecular weight is 1210 g/mol. The summed E-state index contributed by atoms with van der Waals surface area (Å²) in [4.78, 5) is 59.1. The van der Waals surface area contributed by atoms with E-state index in [-0.39, 0.29) is 70.7 Å². The summed E-state index contributed by atoms with van der Waals surface area (Å²) in [5.74, 6) is 0.334. The molecule has 0 bridgehead atoms. The van der Waals surface area contributed by atoms with E-state index >= 15 is 0 Å². The quantitative estimate of drug-likeness (QED) is 0.0170. The Labute approximate surface area is 392 Å². The molecule has 4 aromatic rings. The first-order valence-corrected chi connectivity index (χ1v) is 30.9. The van der Waals surface area contributed by atoms with Crippen molar-refractivity contribution in [1.29, 1.82) is 0 Å². The van der Waals surface area contributed by atoms with Gasteiger partial charge in [-0.05, 0) is 17.7 Å². The predicted octanol–water partition coefficient (Wildman–Crippen LogP) is 9.41. The molecule has 0 heterocycles. The zero-order valence-electron chi connectivity index (χ0n) is 34.4. The molecule has 0 aliphatic heterocycles. The number of rotatable bonds is 19. The SMILES string of the molecule is C[Te]CCCO.C[Te]CCCOC(=O)CCc1ccccc1.C[Te]CCCOC(=O)Oc1ccc([N+](=O)[O-])cc1.NCc1ccccc1.O=C(Cl)Oc1ccc([N+](=O)[O-])cc1. The van der Waals surface area contributed by atoms with Gasteiger partial charge in [0, 0.05) is 30.3 Å². The Morgan fingerprint density at radius 2 is 1.07 bits per heavy atom. The predicted molar refractivity (Wildman–Crippen MR) is 240 cm³/mol. The maximum atomic E-state index is 11.4. The molecule has 61 heavy (non-hydrogen) atoms. The fraction of sp³-hybridized carbons (Fsp3) is 0.357. The van der Waals surface area contributed by atoms with Crippen LogP contribution in [0.15, 0.2) is 109 Å². The van der Waals surface area contributed by atoms with Crippen molar-refractivity contribution >= 4 is 103 Å². The zero-order valence-corrected chi connectivity index (χ0v) is 42.1. The van der Waals surface area contributed by atoms with Crippen molar-refractivity contribution in [2.24, 2.45) is 5.73 Å². The molecule has 0 radical (unpaired) electrons. The van der Waals surface area contributed by atoms with Gasteiger partial charge in [0.15, 0.2) is 0 Å². The molecule has 0 aliphatic carbocycles. The number of carbonyl (C=O) groups is 3. The van der Waals surface area contributed by atoms with Crippen molar-refractivity contribution in [2.75, 3.05) is 19.8 Å². The summed E-state index contributed by atoms with van der Waals surface area (Å²) in [6, 6.07) is 30.3. The summed E-state index contributed by atoms with van der Waals surface area (Å²) in [7, 11) is 0. The summed E-state index contributed by atoms with van der Waals surface area (Å²) in [6.45, 7) is 1.98.